The normalized spacial score (nSPS) is 11.4. The highest BCUT2D eigenvalue weighted by Gasteiger charge is 2.07. The minimum atomic E-state index is 0.309. The third-order valence-corrected chi connectivity index (χ3v) is 2.69. The van der Waals surface area contributed by atoms with Crippen molar-refractivity contribution in [3.05, 3.63) is 17.0 Å². The van der Waals surface area contributed by atoms with Gasteiger partial charge in [0.1, 0.15) is 0 Å². The van der Waals surface area contributed by atoms with Gasteiger partial charge in [-0.25, -0.2) is 0 Å². The van der Waals surface area contributed by atoms with Crippen LogP contribution in [0.3, 0.4) is 0 Å². The fourth-order valence-electron chi connectivity index (χ4n) is 1.65. The van der Waals surface area contributed by atoms with Crippen LogP contribution >= 0.6 is 0 Å². The van der Waals surface area contributed by atoms with E-state index in [0.29, 0.717) is 6.10 Å². The average Bonchev–Trinajstić information content (AvgIpc) is 2.43. The van der Waals surface area contributed by atoms with Gasteiger partial charge in [0.2, 0.25) is 0 Å². The second kappa shape index (κ2) is 6.01. The number of rotatable bonds is 6. The number of nitrogens with zero attached hydrogens (tertiary/aromatic N) is 2. The van der Waals surface area contributed by atoms with Crippen LogP contribution in [0.1, 0.15) is 30.8 Å². The molecule has 4 nitrogen and oxygen atoms in total. The summed E-state index contributed by atoms with van der Waals surface area (Å²) in [5.41, 5.74) is 3.64. The van der Waals surface area contributed by atoms with E-state index in [4.69, 9.17) is 4.74 Å². The van der Waals surface area contributed by atoms with Gasteiger partial charge < -0.3 is 10.1 Å². The van der Waals surface area contributed by atoms with Crippen molar-refractivity contribution in [1.82, 2.24) is 15.1 Å². The highest BCUT2D eigenvalue weighted by atomic mass is 16.5. The molecule has 0 bridgehead atoms. The maximum absolute atomic E-state index is 5.46. The molecule has 0 saturated carbocycles. The predicted molar refractivity (Wildman–Crippen MR) is 65.5 cm³/mol. The number of aryl methyl sites for hydroxylation is 2. The Bertz CT molecular complexity index is 331. The molecule has 1 heterocycles. The van der Waals surface area contributed by atoms with E-state index < -0.39 is 0 Å². The molecule has 16 heavy (non-hydrogen) atoms. The Hall–Kier alpha value is -0.870. The number of aromatic nitrogens is 2. The first kappa shape index (κ1) is 13.2. The fraction of sp³-hybridized carbons (Fsp3) is 0.750. The smallest absolute Gasteiger partial charge is 0.0641 e. The first-order valence-corrected chi connectivity index (χ1v) is 5.83. The maximum atomic E-state index is 5.46. The molecule has 0 saturated heterocycles. The number of nitrogens with one attached hydrogen (secondary N) is 1. The molecule has 0 fully saturated rings. The lowest BCUT2D eigenvalue weighted by molar-refractivity contribution is 0.0807. The van der Waals surface area contributed by atoms with E-state index in [9.17, 15) is 0 Å². The minimum Gasteiger partial charge on any atom is -0.377 e. The topological polar surface area (TPSA) is 39.1 Å². The van der Waals surface area contributed by atoms with Crippen LogP contribution in [0.5, 0.6) is 0 Å². The van der Waals surface area contributed by atoms with Gasteiger partial charge in [-0.05, 0) is 27.7 Å². The first-order chi connectivity index (χ1) is 7.52. The summed E-state index contributed by atoms with van der Waals surface area (Å²) in [5.74, 6) is 0. The molecule has 0 aliphatic carbocycles. The van der Waals surface area contributed by atoms with E-state index in [1.807, 2.05) is 11.7 Å². The second-order valence-corrected chi connectivity index (χ2v) is 4.37. The van der Waals surface area contributed by atoms with Gasteiger partial charge in [-0.15, -0.1) is 0 Å². The maximum Gasteiger partial charge on any atom is 0.0641 e. The quantitative estimate of drug-likeness (QED) is 0.747. The lowest BCUT2D eigenvalue weighted by atomic mass is 10.2. The zero-order valence-corrected chi connectivity index (χ0v) is 11.0. The van der Waals surface area contributed by atoms with Crippen molar-refractivity contribution in [2.45, 2.75) is 40.3 Å². The fourth-order valence-corrected chi connectivity index (χ4v) is 1.65. The highest BCUT2D eigenvalue weighted by molar-refractivity contribution is 5.23. The zero-order chi connectivity index (χ0) is 12.1. The zero-order valence-electron chi connectivity index (χ0n) is 11.0. The van der Waals surface area contributed by atoms with Crippen LogP contribution in [0.25, 0.3) is 0 Å². The Kier molecular flexibility index (Phi) is 4.96. The summed E-state index contributed by atoms with van der Waals surface area (Å²) < 4.78 is 7.39. The van der Waals surface area contributed by atoms with Crippen molar-refractivity contribution in [3.63, 3.8) is 0 Å². The van der Waals surface area contributed by atoms with Crippen LogP contribution in [0.2, 0.25) is 0 Å². The molecule has 0 amide bonds. The van der Waals surface area contributed by atoms with Crippen LogP contribution in [0.4, 0.5) is 0 Å². The van der Waals surface area contributed by atoms with Crippen molar-refractivity contribution in [1.29, 1.82) is 0 Å². The monoisotopic (exact) mass is 225 g/mol. The van der Waals surface area contributed by atoms with Crippen LogP contribution in [-0.2, 0) is 18.3 Å². The Morgan fingerprint density at radius 1 is 1.38 bits per heavy atom. The number of ether oxygens (including phenoxy) is 1. The molecule has 1 aromatic heterocycles. The number of hydrogen-bond acceptors (Lipinski definition) is 3. The number of hydrogen-bond donors (Lipinski definition) is 1. The van der Waals surface area contributed by atoms with Gasteiger partial charge in [0.25, 0.3) is 0 Å². The van der Waals surface area contributed by atoms with Gasteiger partial charge in [-0.2, -0.15) is 5.10 Å². The van der Waals surface area contributed by atoms with Crippen LogP contribution in [0, 0.1) is 13.8 Å². The minimum absolute atomic E-state index is 0.309. The van der Waals surface area contributed by atoms with Crippen molar-refractivity contribution in [2.75, 3.05) is 13.2 Å². The molecule has 0 atom stereocenters. The molecule has 1 aromatic rings. The lowest BCUT2D eigenvalue weighted by Crippen LogP contribution is -2.21. The SMILES string of the molecule is Cc1nn(C)c(C)c1CNCCOC(C)C. The van der Waals surface area contributed by atoms with Gasteiger partial charge in [0.05, 0.1) is 18.4 Å². The third kappa shape index (κ3) is 3.61. The Labute approximate surface area is 98.0 Å². The Morgan fingerprint density at radius 2 is 2.06 bits per heavy atom. The molecule has 0 unspecified atom stereocenters. The molecular formula is C12H23N3O. The first-order valence-electron chi connectivity index (χ1n) is 5.83. The third-order valence-electron chi connectivity index (χ3n) is 2.69. The van der Waals surface area contributed by atoms with E-state index in [-0.39, 0.29) is 0 Å². The van der Waals surface area contributed by atoms with E-state index >= 15 is 0 Å². The molecule has 1 rings (SSSR count). The largest absolute Gasteiger partial charge is 0.377 e. The average molecular weight is 225 g/mol. The summed E-state index contributed by atoms with van der Waals surface area (Å²) in [6.07, 6.45) is 0.309. The van der Waals surface area contributed by atoms with Gasteiger partial charge in [0.15, 0.2) is 0 Å². The van der Waals surface area contributed by atoms with E-state index in [2.05, 4.69) is 38.1 Å². The van der Waals surface area contributed by atoms with Crippen LogP contribution in [-0.4, -0.2) is 29.0 Å². The van der Waals surface area contributed by atoms with E-state index in [1.54, 1.807) is 0 Å². The van der Waals surface area contributed by atoms with E-state index in [1.165, 1.54) is 11.3 Å². The van der Waals surface area contributed by atoms with Gasteiger partial charge >= 0.3 is 0 Å². The standard InChI is InChI=1S/C12H23N3O/c1-9(2)16-7-6-13-8-12-10(3)14-15(5)11(12)4/h9,13H,6-8H2,1-5H3. The summed E-state index contributed by atoms with van der Waals surface area (Å²) in [4.78, 5) is 0. The lowest BCUT2D eigenvalue weighted by Gasteiger charge is -2.08. The summed E-state index contributed by atoms with van der Waals surface area (Å²) in [5, 5.41) is 7.76. The molecule has 4 heteroatoms. The molecule has 1 N–H and O–H groups in total. The predicted octanol–water partition coefficient (Wildman–Crippen LogP) is 1.55. The molecule has 0 aliphatic heterocycles. The van der Waals surface area contributed by atoms with Gasteiger partial charge in [0, 0.05) is 31.4 Å². The van der Waals surface area contributed by atoms with Crippen molar-refractivity contribution in [3.8, 4) is 0 Å². The molecule has 0 aromatic carbocycles. The molecule has 92 valence electrons. The highest BCUT2D eigenvalue weighted by Crippen LogP contribution is 2.10. The van der Waals surface area contributed by atoms with Crippen LogP contribution in [0.15, 0.2) is 0 Å². The van der Waals surface area contributed by atoms with Crippen molar-refractivity contribution < 1.29 is 4.74 Å². The molecule has 0 radical (unpaired) electrons. The summed E-state index contributed by atoms with van der Waals surface area (Å²) >= 11 is 0. The summed E-state index contributed by atoms with van der Waals surface area (Å²) in [6.45, 7) is 10.8. The van der Waals surface area contributed by atoms with E-state index in [0.717, 1.165) is 25.4 Å². The molecule has 0 spiro atoms. The second-order valence-electron chi connectivity index (χ2n) is 4.37. The summed E-state index contributed by atoms with van der Waals surface area (Å²) in [6, 6.07) is 0. The molecule has 0 aliphatic rings. The summed E-state index contributed by atoms with van der Waals surface area (Å²) in [7, 11) is 1.98. The van der Waals surface area contributed by atoms with Crippen molar-refractivity contribution >= 4 is 0 Å². The molecular weight excluding hydrogens is 202 g/mol. The van der Waals surface area contributed by atoms with Gasteiger partial charge in [-0.1, -0.05) is 0 Å². The van der Waals surface area contributed by atoms with Crippen LogP contribution < -0.4 is 5.32 Å². The van der Waals surface area contributed by atoms with Crippen molar-refractivity contribution in [2.24, 2.45) is 7.05 Å². The Balaban J connectivity index is 2.32. The Morgan fingerprint density at radius 3 is 2.56 bits per heavy atom. The van der Waals surface area contributed by atoms with Gasteiger partial charge in [-0.3, -0.25) is 4.68 Å².